The number of likely N-dealkylation sites (tertiary alicyclic amines) is 1. The van der Waals surface area contributed by atoms with Gasteiger partial charge in [0.1, 0.15) is 11.4 Å². The predicted octanol–water partition coefficient (Wildman–Crippen LogP) is -0.536. The Morgan fingerprint density at radius 3 is 2.81 bits per heavy atom. The molecule has 0 bridgehead atoms. The van der Waals surface area contributed by atoms with Crippen LogP contribution in [0.5, 0.6) is 0 Å². The highest BCUT2D eigenvalue weighted by atomic mass is 16.4. The molecule has 0 amide bonds. The van der Waals surface area contributed by atoms with Crippen molar-refractivity contribution in [3.05, 3.63) is 24.3 Å². The summed E-state index contributed by atoms with van der Waals surface area (Å²) in [4.78, 5) is 21.1. The van der Waals surface area contributed by atoms with Gasteiger partial charge in [-0.25, -0.2) is 9.97 Å². The van der Waals surface area contributed by atoms with Crippen molar-refractivity contribution in [3.63, 3.8) is 0 Å². The lowest BCUT2D eigenvalue weighted by molar-refractivity contribution is -0.142. The Labute approximate surface area is 93.1 Å². The largest absolute Gasteiger partial charge is 0.480 e. The van der Waals surface area contributed by atoms with Gasteiger partial charge >= 0.3 is 5.97 Å². The summed E-state index contributed by atoms with van der Waals surface area (Å²) in [5.41, 5.74) is 4.65. The molecule has 1 aromatic heterocycles. The number of hydrogen-bond acceptors (Lipinski definition) is 5. The molecular formula is C10H14N4O2. The molecule has 6 nitrogen and oxygen atoms in total. The van der Waals surface area contributed by atoms with Gasteiger partial charge in [0.15, 0.2) is 0 Å². The number of hydrogen-bond donors (Lipinski definition) is 2. The van der Waals surface area contributed by atoms with E-state index in [0.29, 0.717) is 31.9 Å². The molecule has 1 fully saturated rings. The van der Waals surface area contributed by atoms with Gasteiger partial charge < -0.3 is 10.8 Å². The summed E-state index contributed by atoms with van der Waals surface area (Å²) in [5.74, 6) is -0.249. The van der Waals surface area contributed by atoms with Crippen molar-refractivity contribution in [1.82, 2.24) is 14.9 Å². The quantitative estimate of drug-likeness (QED) is 0.714. The van der Waals surface area contributed by atoms with Gasteiger partial charge in [0.05, 0.1) is 6.54 Å². The van der Waals surface area contributed by atoms with Crippen molar-refractivity contribution >= 4 is 5.97 Å². The zero-order valence-electron chi connectivity index (χ0n) is 8.83. The van der Waals surface area contributed by atoms with E-state index < -0.39 is 11.5 Å². The number of nitrogens with two attached hydrogens (primary N) is 1. The molecule has 2 rings (SSSR count). The molecule has 1 aliphatic rings. The van der Waals surface area contributed by atoms with Gasteiger partial charge in [-0.15, -0.1) is 0 Å². The van der Waals surface area contributed by atoms with Crippen molar-refractivity contribution in [1.29, 1.82) is 0 Å². The smallest absolute Gasteiger partial charge is 0.325 e. The maximum absolute atomic E-state index is 10.9. The summed E-state index contributed by atoms with van der Waals surface area (Å²) in [6, 6.07) is 1.75. The van der Waals surface area contributed by atoms with Gasteiger partial charge in [-0.1, -0.05) is 0 Å². The van der Waals surface area contributed by atoms with E-state index in [4.69, 9.17) is 10.8 Å². The Morgan fingerprint density at radius 1 is 1.56 bits per heavy atom. The number of aliphatic carboxylic acids is 1. The van der Waals surface area contributed by atoms with Crippen molar-refractivity contribution in [2.75, 3.05) is 13.1 Å². The van der Waals surface area contributed by atoms with Gasteiger partial charge in [-0.3, -0.25) is 9.69 Å². The molecule has 6 heteroatoms. The van der Waals surface area contributed by atoms with Gasteiger partial charge in [-0.2, -0.15) is 0 Å². The number of carboxylic acid groups (broad SMARTS) is 1. The Bertz CT molecular complexity index is 384. The van der Waals surface area contributed by atoms with Gasteiger partial charge in [0.2, 0.25) is 0 Å². The molecule has 1 aliphatic heterocycles. The molecule has 16 heavy (non-hydrogen) atoms. The van der Waals surface area contributed by atoms with Crippen molar-refractivity contribution in [2.45, 2.75) is 18.5 Å². The fourth-order valence-corrected chi connectivity index (χ4v) is 1.84. The van der Waals surface area contributed by atoms with Crippen LogP contribution in [0.3, 0.4) is 0 Å². The summed E-state index contributed by atoms with van der Waals surface area (Å²) in [7, 11) is 0. The third kappa shape index (κ3) is 2.17. The molecule has 0 aromatic carbocycles. The standard InChI is InChI=1S/C10H14N4O2/c11-10(9(15)16)2-5-14(7-10)6-8-12-3-1-4-13-8/h1,3-4H,2,5-7,11H2,(H,15,16). The van der Waals surface area contributed by atoms with Crippen molar-refractivity contribution in [3.8, 4) is 0 Å². The van der Waals surface area contributed by atoms with Crippen LogP contribution in [-0.2, 0) is 11.3 Å². The third-order valence-corrected chi connectivity index (χ3v) is 2.79. The van der Waals surface area contributed by atoms with E-state index in [9.17, 15) is 4.79 Å². The summed E-state index contributed by atoms with van der Waals surface area (Å²) in [5, 5.41) is 8.97. The van der Waals surface area contributed by atoms with Crippen LogP contribution in [0.2, 0.25) is 0 Å². The van der Waals surface area contributed by atoms with Gasteiger partial charge in [0.25, 0.3) is 0 Å². The van der Waals surface area contributed by atoms with E-state index in [0.717, 1.165) is 0 Å². The molecule has 1 unspecified atom stereocenters. The van der Waals surface area contributed by atoms with E-state index in [1.807, 2.05) is 4.90 Å². The Balaban J connectivity index is 1.98. The summed E-state index contributed by atoms with van der Waals surface area (Å²) < 4.78 is 0. The van der Waals surface area contributed by atoms with Gasteiger partial charge in [-0.05, 0) is 12.5 Å². The number of nitrogens with zero attached hydrogens (tertiary/aromatic N) is 3. The number of aromatic nitrogens is 2. The molecule has 0 spiro atoms. The van der Waals surface area contributed by atoms with E-state index in [1.165, 1.54) is 0 Å². The first-order chi connectivity index (χ1) is 7.60. The fraction of sp³-hybridized carbons (Fsp3) is 0.500. The molecule has 1 aromatic rings. The van der Waals surface area contributed by atoms with E-state index in [2.05, 4.69) is 9.97 Å². The highest BCUT2D eigenvalue weighted by molar-refractivity contribution is 5.79. The Kier molecular flexibility index (Phi) is 2.84. The second kappa shape index (κ2) is 4.15. The minimum atomic E-state index is -1.12. The SMILES string of the molecule is NC1(C(=O)O)CCN(Cc2ncccn2)C1. The molecule has 0 radical (unpaired) electrons. The van der Waals surface area contributed by atoms with Crippen molar-refractivity contribution < 1.29 is 9.90 Å². The third-order valence-electron chi connectivity index (χ3n) is 2.79. The normalized spacial score (nSPS) is 25.8. The van der Waals surface area contributed by atoms with Crippen molar-refractivity contribution in [2.24, 2.45) is 5.73 Å². The van der Waals surface area contributed by atoms with Crippen LogP contribution in [0.4, 0.5) is 0 Å². The summed E-state index contributed by atoms with van der Waals surface area (Å²) in [6.07, 6.45) is 3.81. The zero-order chi connectivity index (χ0) is 11.6. The lowest BCUT2D eigenvalue weighted by atomic mass is 10.0. The van der Waals surface area contributed by atoms with E-state index in [-0.39, 0.29) is 0 Å². The minimum absolute atomic E-state index is 0.348. The molecule has 1 saturated heterocycles. The van der Waals surface area contributed by atoms with E-state index in [1.54, 1.807) is 18.5 Å². The Morgan fingerprint density at radius 2 is 2.25 bits per heavy atom. The number of carboxylic acids is 1. The van der Waals surface area contributed by atoms with Crippen LogP contribution in [0.15, 0.2) is 18.5 Å². The van der Waals surface area contributed by atoms with Crippen LogP contribution in [0.25, 0.3) is 0 Å². The summed E-state index contributed by atoms with van der Waals surface area (Å²) >= 11 is 0. The highest BCUT2D eigenvalue weighted by Crippen LogP contribution is 2.19. The highest BCUT2D eigenvalue weighted by Gasteiger charge is 2.41. The lowest BCUT2D eigenvalue weighted by Gasteiger charge is -2.19. The molecule has 86 valence electrons. The monoisotopic (exact) mass is 222 g/mol. The molecule has 2 heterocycles. The van der Waals surface area contributed by atoms with Gasteiger partial charge in [0, 0.05) is 25.5 Å². The van der Waals surface area contributed by atoms with Crippen LogP contribution >= 0.6 is 0 Å². The average Bonchev–Trinajstić information content (AvgIpc) is 2.63. The maximum atomic E-state index is 10.9. The van der Waals surface area contributed by atoms with Crippen LogP contribution < -0.4 is 5.73 Å². The second-order valence-corrected chi connectivity index (χ2v) is 4.09. The first-order valence-electron chi connectivity index (χ1n) is 5.11. The molecular weight excluding hydrogens is 208 g/mol. The fourth-order valence-electron chi connectivity index (χ4n) is 1.84. The first kappa shape index (κ1) is 11.0. The van der Waals surface area contributed by atoms with Crippen LogP contribution in [0, 0.1) is 0 Å². The molecule has 3 N–H and O–H groups in total. The molecule has 1 atom stereocenters. The predicted molar refractivity (Wildman–Crippen MR) is 56.5 cm³/mol. The zero-order valence-corrected chi connectivity index (χ0v) is 8.83. The molecule has 0 aliphatic carbocycles. The summed E-state index contributed by atoms with van der Waals surface area (Å²) in [6.45, 7) is 1.56. The van der Waals surface area contributed by atoms with Crippen LogP contribution in [-0.4, -0.2) is 44.6 Å². The average molecular weight is 222 g/mol. The first-order valence-corrected chi connectivity index (χ1v) is 5.11. The Hall–Kier alpha value is -1.53. The topological polar surface area (TPSA) is 92.3 Å². The van der Waals surface area contributed by atoms with Crippen LogP contribution in [0.1, 0.15) is 12.2 Å². The molecule has 0 saturated carbocycles. The van der Waals surface area contributed by atoms with E-state index >= 15 is 0 Å². The second-order valence-electron chi connectivity index (χ2n) is 4.09. The number of rotatable bonds is 3. The number of carbonyl (C=O) groups is 1. The minimum Gasteiger partial charge on any atom is -0.480 e. The lowest BCUT2D eigenvalue weighted by Crippen LogP contribution is -2.50. The maximum Gasteiger partial charge on any atom is 0.325 e.